The Morgan fingerprint density at radius 3 is 2.73 bits per heavy atom. The van der Waals surface area contributed by atoms with Gasteiger partial charge in [-0.1, -0.05) is 5.92 Å². The van der Waals surface area contributed by atoms with Gasteiger partial charge in [0.25, 0.3) is 0 Å². The van der Waals surface area contributed by atoms with Crippen LogP contribution in [0.4, 0.5) is 0 Å². The van der Waals surface area contributed by atoms with E-state index < -0.39 is 0 Å². The lowest BCUT2D eigenvalue weighted by molar-refractivity contribution is -0.135. The van der Waals surface area contributed by atoms with Gasteiger partial charge >= 0.3 is 0 Å². The lowest BCUT2D eigenvalue weighted by Crippen LogP contribution is -2.50. The Balaban J connectivity index is 1.71. The highest BCUT2D eigenvalue weighted by Gasteiger charge is 2.42. The molecule has 1 aromatic heterocycles. The molecule has 4 nitrogen and oxygen atoms in total. The van der Waals surface area contributed by atoms with E-state index in [-0.39, 0.29) is 5.78 Å². The minimum atomic E-state index is 0.0327. The monoisotopic (exact) mass is 294 g/mol. The number of hydrogen-bond acceptors (Lipinski definition) is 4. The third kappa shape index (κ3) is 1.97. The summed E-state index contributed by atoms with van der Waals surface area (Å²) in [6.07, 6.45) is 11.8. The van der Waals surface area contributed by atoms with Gasteiger partial charge in [0, 0.05) is 42.9 Å². The van der Waals surface area contributed by atoms with Crippen LogP contribution in [0.15, 0.2) is 24.0 Å². The molecule has 0 bridgehead atoms. The third-order valence-electron chi connectivity index (χ3n) is 5.13. The topological polar surface area (TPSA) is 42.4 Å². The summed E-state index contributed by atoms with van der Waals surface area (Å²) in [5, 5.41) is 0. The first-order chi connectivity index (χ1) is 10.7. The van der Waals surface area contributed by atoms with Crippen molar-refractivity contribution < 1.29 is 9.53 Å². The molecular weight excluding hydrogens is 276 g/mol. The van der Waals surface area contributed by atoms with Crippen molar-refractivity contribution in [2.45, 2.75) is 19.3 Å². The van der Waals surface area contributed by atoms with Crippen molar-refractivity contribution in [1.82, 2.24) is 9.88 Å². The molecule has 0 aromatic carbocycles. The van der Waals surface area contributed by atoms with Gasteiger partial charge < -0.3 is 9.64 Å². The van der Waals surface area contributed by atoms with Crippen molar-refractivity contribution >= 4 is 11.5 Å². The minimum Gasteiger partial charge on any atom is -0.380 e. The summed E-state index contributed by atoms with van der Waals surface area (Å²) in [6.45, 7) is 3.61. The number of fused-ring (bicyclic) bond motifs is 1. The molecule has 1 spiro atoms. The second-order valence-electron chi connectivity index (χ2n) is 6.48. The van der Waals surface area contributed by atoms with Gasteiger partial charge in [-0.25, -0.2) is 0 Å². The van der Waals surface area contributed by atoms with Gasteiger partial charge in [0.15, 0.2) is 5.78 Å². The second kappa shape index (κ2) is 4.96. The van der Waals surface area contributed by atoms with Crippen LogP contribution < -0.4 is 0 Å². The third-order valence-corrected chi connectivity index (χ3v) is 5.13. The van der Waals surface area contributed by atoms with Gasteiger partial charge in [-0.3, -0.25) is 9.78 Å². The maximum Gasteiger partial charge on any atom is 0.177 e. The highest BCUT2D eigenvalue weighted by Crippen LogP contribution is 2.41. The smallest absolute Gasteiger partial charge is 0.177 e. The van der Waals surface area contributed by atoms with E-state index in [1.165, 1.54) is 0 Å². The van der Waals surface area contributed by atoms with Crippen LogP contribution >= 0.6 is 0 Å². The number of nitrogens with zero attached hydrogens (tertiary/aromatic N) is 2. The highest BCUT2D eigenvalue weighted by atomic mass is 16.5. The van der Waals surface area contributed by atoms with Crippen LogP contribution in [-0.4, -0.2) is 42.0 Å². The molecule has 2 aliphatic heterocycles. The molecule has 1 aliphatic carbocycles. The number of terminal acetylenes is 1. The first kappa shape index (κ1) is 13.5. The standard InChI is InChI=1S/C18H18N2O2/c1-2-14-16(21)9-13-10-19-6-3-15(13)17(14)20-7-4-18(5-8-20)11-22-12-18/h1,3,6,10H,4-5,7-9,11-12H2. The Morgan fingerprint density at radius 1 is 1.32 bits per heavy atom. The van der Waals surface area contributed by atoms with E-state index in [4.69, 9.17) is 11.2 Å². The number of hydrogen-bond donors (Lipinski definition) is 0. The Hall–Kier alpha value is -2.12. The maximum atomic E-state index is 12.4. The predicted octanol–water partition coefficient (Wildman–Crippen LogP) is 1.66. The molecule has 112 valence electrons. The van der Waals surface area contributed by atoms with E-state index in [9.17, 15) is 4.79 Å². The zero-order valence-electron chi connectivity index (χ0n) is 12.5. The normalized spacial score (nSPS) is 23.0. The highest BCUT2D eigenvalue weighted by molar-refractivity contribution is 6.10. The molecule has 1 aromatic rings. The molecule has 2 saturated heterocycles. The van der Waals surface area contributed by atoms with Crippen LogP contribution in [0.5, 0.6) is 0 Å². The molecule has 0 amide bonds. The molecule has 2 fully saturated rings. The van der Waals surface area contributed by atoms with Gasteiger partial charge in [0.05, 0.1) is 24.5 Å². The van der Waals surface area contributed by atoms with E-state index >= 15 is 0 Å². The summed E-state index contributed by atoms with van der Waals surface area (Å²) in [6, 6.07) is 1.98. The summed E-state index contributed by atoms with van der Waals surface area (Å²) < 4.78 is 5.39. The molecule has 0 unspecified atom stereocenters. The summed E-state index contributed by atoms with van der Waals surface area (Å²) in [7, 11) is 0. The van der Waals surface area contributed by atoms with E-state index in [1.54, 1.807) is 12.4 Å². The fraction of sp³-hybridized carbons (Fsp3) is 0.444. The summed E-state index contributed by atoms with van der Waals surface area (Å²) in [5.74, 6) is 2.67. The molecule has 0 atom stereocenters. The Morgan fingerprint density at radius 2 is 2.09 bits per heavy atom. The Bertz CT molecular complexity index is 700. The number of pyridine rings is 1. The van der Waals surface area contributed by atoms with Gasteiger partial charge in [0.2, 0.25) is 0 Å². The zero-order chi connectivity index (χ0) is 15.2. The summed E-state index contributed by atoms with van der Waals surface area (Å²) in [5.41, 5.74) is 3.88. The Labute approximate surface area is 130 Å². The molecule has 3 aliphatic rings. The van der Waals surface area contributed by atoms with Crippen LogP contribution in [-0.2, 0) is 16.0 Å². The van der Waals surface area contributed by atoms with Gasteiger partial charge in [-0.2, -0.15) is 0 Å². The van der Waals surface area contributed by atoms with Crippen LogP contribution in [0, 0.1) is 17.8 Å². The van der Waals surface area contributed by atoms with Crippen molar-refractivity contribution in [3.8, 4) is 12.3 Å². The molecule has 4 heteroatoms. The first-order valence-corrected chi connectivity index (χ1v) is 7.72. The lowest BCUT2D eigenvalue weighted by Gasteiger charge is -2.48. The lowest BCUT2D eigenvalue weighted by atomic mass is 9.76. The van der Waals surface area contributed by atoms with Crippen LogP contribution in [0.3, 0.4) is 0 Å². The number of likely N-dealkylation sites (tertiary alicyclic amines) is 1. The van der Waals surface area contributed by atoms with Crippen molar-refractivity contribution in [2.75, 3.05) is 26.3 Å². The van der Waals surface area contributed by atoms with E-state index in [2.05, 4.69) is 15.8 Å². The molecule has 0 saturated carbocycles. The number of piperidine rings is 1. The molecule has 3 heterocycles. The van der Waals surface area contributed by atoms with Crippen LogP contribution in [0.2, 0.25) is 0 Å². The van der Waals surface area contributed by atoms with E-state index in [0.717, 1.165) is 56.0 Å². The number of Topliss-reactive ketones (excluding diaryl/α,β-unsaturated/α-hetero) is 1. The van der Waals surface area contributed by atoms with E-state index in [0.29, 0.717) is 17.4 Å². The fourth-order valence-electron chi connectivity index (χ4n) is 3.69. The quantitative estimate of drug-likeness (QED) is 0.739. The summed E-state index contributed by atoms with van der Waals surface area (Å²) in [4.78, 5) is 18.8. The zero-order valence-corrected chi connectivity index (χ0v) is 12.5. The van der Waals surface area contributed by atoms with Crippen molar-refractivity contribution in [3.63, 3.8) is 0 Å². The number of rotatable bonds is 1. The van der Waals surface area contributed by atoms with Crippen LogP contribution in [0.1, 0.15) is 24.0 Å². The second-order valence-corrected chi connectivity index (χ2v) is 6.48. The number of ether oxygens (including phenoxy) is 1. The molecule has 22 heavy (non-hydrogen) atoms. The number of allylic oxidation sites excluding steroid dienone is 1. The van der Waals surface area contributed by atoms with E-state index in [1.807, 2.05) is 6.07 Å². The van der Waals surface area contributed by atoms with Gasteiger partial charge in [-0.05, 0) is 24.5 Å². The molecular formula is C18H18N2O2. The average molecular weight is 294 g/mol. The predicted molar refractivity (Wildman–Crippen MR) is 82.8 cm³/mol. The van der Waals surface area contributed by atoms with Crippen molar-refractivity contribution in [1.29, 1.82) is 0 Å². The van der Waals surface area contributed by atoms with Crippen molar-refractivity contribution in [3.05, 3.63) is 35.2 Å². The number of carbonyl (C=O) groups is 1. The SMILES string of the molecule is C#CC1=C(N2CCC3(CC2)COC3)c2ccncc2CC1=O. The van der Waals surface area contributed by atoms with Crippen molar-refractivity contribution in [2.24, 2.45) is 5.41 Å². The van der Waals surface area contributed by atoms with Gasteiger partial charge in [-0.15, -0.1) is 6.42 Å². The number of aromatic nitrogens is 1. The number of ketones is 1. The fourth-order valence-corrected chi connectivity index (χ4v) is 3.69. The summed E-state index contributed by atoms with van der Waals surface area (Å²) >= 11 is 0. The maximum absolute atomic E-state index is 12.4. The molecule has 0 N–H and O–H groups in total. The minimum absolute atomic E-state index is 0.0327. The first-order valence-electron chi connectivity index (χ1n) is 7.72. The largest absolute Gasteiger partial charge is 0.380 e. The molecule has 0 radical (unpaired) electrons. The Kier molecular flexibility index (Phi) is 3.05. The molecule has 4 rings (SSSR count). The average Bonchev–Trinajstić information content (AvgIpc) is 2.52. The number of carbonyl (C=O) groups excluding carboxylic acids is 1. The van der Waals surface area contributed by atoms with Crippen LogP contribution in [0.25, 0.3) is 5.70 Å². The van der Waals surface area contributed by atoms with Gasteiger partial charge in [0.1, 0.15) is 0 Å².